The maximum atomic E-state index is 11.5. The van der Waals surface area contributed by atoms with E-state index in [1.165, 1.54) is 6.08 Å². The Morgan fingerprint density at radius 2 is 1.95 bits per heavy atom. The van der Waals surface area contributed by atoms with Crippen LogP contribution in [0.3, 0.4) is 0 Å². The van der Waals surface area contributed by atoms with Crippen LogP contribution in [0.4, 0.5) is 4.79 Å². The Morgan fingerprint density at radius 3 is 2.43 bits per heavy atom. The van der Waals surface area contributed by atoms with E-state index in [4.69, 9.17) is 9.84 Å². The van der Waals surface area contributed by atoms with Gasteiger partial charge in [0.05, 0.1) is 6.10 Å². The molecule has 0 bridgehead atoms. The van der Waals surface area contributed by atoms with Crippen LogP contribution < -0.4 is 5.32 Å². The number of carbonyl (C=O) groups is 2. The molecule has 0 heterocycles. The van der Waals surface area contributed by atoms with Crippen LogP contribution >= 0.6 is 0 Å². The van der Waals surface area contributed by atoms with E-state index in [0.29, 0.717) is 12.8 Å². The lowest BCUT2D eigenvalue weighted by Gasteiger charge is -2.21. The van der Waals surface area contributed by atoms with Crippen molar-refractivity contribution >= 4 is 12.1 Å². The highest BCUT2D eigenvalue weighted by Crippen LogP contribution is 2.07. The monoisotopic (exact) mass is 299 g/mol. The summed E-state index contributed by atoms with van der Waals surface area (Å²) < 4.78 is 5.01. The van der Waals surface area contributed by atoms with E-state index in [-0.39, 0.29) is 6.42 Å². The first kappa shape index (κ1) is 19.2. The van der Waals surface area contributed by atoms with Crippen molar-refractivity contribution in [3.05, 3.63) is 24.8 Å². The van der Waals surface area contributed by atoms with Gasteiger partial charge in [0.15, 0.2) is 0 Å². The number of hydrogen-bond acceptors (Lipinski definition) is 4. The van der Waals surface area contributed by atoms with Gasteiger partial charge in [-0.1, -0.05) is 18.2 Å². The minimum Gasteiger partial charge on any atom is -0.480 e. The van der Waals surface area contributed by atoms with Crippen molar-refractivity contribution in [2.45, 2.75) is 57.8 Å². The van der Waals surface area contributed by atoms with Crippen LogP contribution in [0.5, 0.6) is 0 Å². The number of allylic oxidation sites excluding steroid dienone is 1. The molecule has 120 valence electrons. The summed E-state index contributed by atoms with van der Waals surface area (Å²) in [5.74, 6) is -1.13. The highest BCUT2D eigenvalue weighted by molar-refractivity contribution is 5.80. The number of carboxylic acid groups (broad SMARTS) is 1. The third-order valence-corrected chi connectivity index (χ3v) is 2.43. The van der Waals surface area contributed by atoms with Gasteiger partial charge in [0.2, 0.25) is 0 Å². The van der Waals surface area contributed by atoms with Crippen LogP contribution in [0.1, 0.15) is 40.0 Å². The van der Waals surface area contributed by atoms with Crippen molar-refractivity contribution in [1.82, 2.24) is 5.32 Å². The van der Waals surface area contributed by atoms with E-state index in [1.54, 1.807) is 32.9 Å². The van der Waals surface area contributed by atoms with Crippen LogP contribution in [0.15, 0.2) is 24.8 Å². The van der Waals surface area contributed by atoms with Crippen LogP contribution in [0.25, 0.3) is 0 Å². The van der Waals surface area contributed by atoms with E-state index in [9.17, 15) is 14.7 Å². The predicted octanol–water partition coefficient (Wildman–Crippen LogP) is 2.24. The molecule has 0 aliphatic carbocycles. The maximum absolute atomic E-state index is 11.5. The lowest BCUT2D eigenvalue weighted by Crippen LogP contribution is -2.43. The van der Waals surface area contributed by atoms with Gasteiger partial charge in [-0.3, -0.25) is 0 Å². The minimum absolute atomic E-state index is 0.152. The highest BCUT2D eigenvalue weighted by atomic mass is 16.6. The van der Waals surface area contributed by atoms with E-state index in [0.717, 1.165) is 0 Å². The second kappa shape index (κ2) is 9.18. The zero-order valence-corrected chi connectivity index (χ0v) is 12.8. The zero-order chi connectivity index (χ0) is 16.5. The van der Waals surface area contributed by atoms with Crippen molar-refractivity contribution in [3.8, 4) is 0 Å². The van der Waals surface area contributed by atoms with Crippen molar-refractivity contribution in [2.24, 2.45) is 0 Å². The van der Waals surface area contributed by atoms with E-state index in [2.05, 4.69) is 11.9 Å². The number of rotatable bonds is 8. The standard InChI is InChI=1S/C15H25NO5/c1-5-11(17)9-7-6-8-10-12(13(18)19)16-14(20)21-15(2,3)4/h5-6,8,11-12,17H,1,7,9-10H2,2-4H3,(H,16,20)(H,18,19)/b8-6+/t11-,12-/m0/s1. The number of alkyl carbamates (subject to hydrolysis) is 1. The molecule has 2 atom stereocenters. The molecule has 0 aromatic heterocycles. The number of aliphatic hydroxyl groups excluding tert-OH is 1. The van der Waals surface area contributed by atoms with Crippen LogP contribution in [-0.4, -0.2) is 40.0 Å². The Hall–Kier alpha value is -1.82. The lowest BCUT2D eigenvalue weighted by atomic mass is 10.1. The largest absolute Gasteiger partial charge is 0.480 e. The Kier molecular flexibility index (Phi) is 8.38. The fourth-order valence-corrected chi connectivity index (χ4v) is 1.41. The average molecular weight is 299 g/mol. The average Bonchev–Trinajstić information content (AvgIpc) is 2.34. The topological polar surface area (TPSA) is 95.9 Å². The molecule has 0 aliphatic rings. The third kappa shape index (κ3) is 10.6. The summed E-state index contributed by atoms with van der Waals surface area (Å²) in [5, 5.41) is 20.6. The second-order valence-corrected chi connectivity index (χ2v) is 5.62. The van der Waals surface area contributed by atoms with E-state index < -0.39 is 29.8 Å². The van der Waals surface area contributed by atoms with Gasteiger partial charge in [-0.25, -0.2) is 9.59 Å². The van der Waals surface area contributed by atoms with Gasteiger partial charge >= 0.3 is 12.1 Å². The van der Waals surface area contributed by atoms with E-state index in [1.807, 2.05) is 0 Å². The molecule has 0 aromatic rings. The maximum Gasteiger partial charge on any atom is 0.408 e. The van der Waals surface area contributed by atoms with Gasteiger partial charge < -0.3 is 20.3 Å². The third-order valence-electron chi connectivity index (χ3n) is 2.43. The first-order chi connectivity index (χ1) is 9.65. The molecule has 0 spiro atoms. The lowest BCUT2D eigenvalue weighted by molar-refractivity contribution is -0.139. The molecule has 0 aliphatic heterocycles. The number of carboxylic acids is 1. The summed E-state index contributed by atoms with van der Waals surface area (Å²) in [6.07, 6.45) is 4.82. The molecule has 0 saturated carbocycles. The molecule has 6 heteroatoms. The van der Waals surface area contributed by atoms with Crippen LogP contribution in [0.2, 0.25) is 0 Å². The van der Waals surface area contributed by atoms with Crippen LogP contribution in [-0.2, 0) is 9.53 Å². The molecule has 6 nitrogen and oxygen atoms in total. The quantitative estimate of drug-likeness (QED) is 0.597. The summed E-state index contributed by atoms with van der Waals surface area (Å²) in [5.41, 5.74) is -0.677. The van der Waals surface area contributed by atoms with Crippen molar-refractivity contribution in [2.75, 3.05) is 0 Å². The molecule has 0 rings (SSSR count). The van der Waals surface area contributed by atoms with Gasteiger partial charge in [0.25, 0.3) is 0 Å². The van der Waals surface area contributed by atoms with Crippen LogP contribution in [0, 0.1) is 0 Å². The molecule has 0 saturated heterocycles. The summed E-state index contributed by atoms with van der Waals surface area (Å²) in [7, 11) is 0. The number of nitrogens with one attached hydrogen (secondary N) is 1. The van der Waals surface area contributed by atoms with Crippen molar-refractivity contribution < 1.29 is 24.5 Å². The normalized spacial score (nSPS) is 14.5. The fourth-order valence-electron chi connectivity index (χ4n) is 1.41. The predicted molar refractivity (Wildman–Crippen MR) is 80.0 cm³/mol. The summed E-state index contributed by atoms with van der Waals surface area (Å²) in [4.78, 5) is 22.6. The van der Waals surface area contributed by atoms with Gasteiger partial charge in [-0.15, -0.1) is 6.58 Å². The number of hydrogen-bond donors (Lipinski definition) is 3. The highest BCUT2D eigenvalue weighted by Gasteiger charge is 2.22. The molecule has 0 radical (unpaired) electrons. The summed E-state index contributed by atoms with van der Waals surface area (Å²) in [6, 6.07) is -1.04. The SMILES string of the molecule is C=C[C@H](O)CC/C=C/C[C@H](NC(=O)OC(C)(C)C)C(=O)O. The molecular formula is C15H25NO5. The smallest absolute Gasteiger partial charge is 0.408 e. The molecular weight excluding hydrogens is 274 g/mol. The Morgan fingerprint density at radius 1 is 1.33 bits per heavy atom. The van der Waals surface area contributed by atoms with Gasteiger partial charge in [-0.05, 0) is 40.0 Å². The molecule has 0 unspecified atom stereocenters. The number of aliphatic hydroxyl groups is 1. The summed E-state index contributed by atoms with van der Waals surface area (Å²) in [6.45, 7) is 8.56. The summed E-state index contributed by atoms with van der Waals surface area (Å²) >= 11 is 0. The molecule has 1 amide bonds. The Balaban J connectivity index is 4.26. The zero-order valence-electron chi connectivity index (χ0n) is 12.8. The van der Waals surface area contributed by atoms with Gasteiger partial charge in [0, 0.05) is 0 Å². The molecule has 21 heavy (non-hydrogen) atoms. The molecule has 0 aromatic carbocycles. The van der Waals surface area contributed by atoms with E-state index >= 15 is 0 Å². The van der Waals surface area contributed by atoms with Crippen molar-refractivity contribution in [1.29, 1.82) is 0 Å². The minimum atomic E-state index is -1.13. The molecule has 0 fully saturated rings. The second-order valence-electron chi connectivity index (χ2n) is 5.62. The first-order valence-electron chi connectivity index (χ1n) is 6.83. The number of aliphatic carboxylic acids is 1. The Labute approximate surface area is 125 Å². The number of ether oxygens (including phenoxy) is 1. The van der Waals surface area contributed by atoms with Gasteiger partial charge in [-0.2, -0.15) is 0 Å². The molecule has 3 N–H and O–H groups in total. The fraction of sp³-hybridized carbons (Fsp3) is 0.600. The van der Waals surface area contributed by atoms with Gasteiger partial charge in [0.1, 0.15) is 11.6 Å². The van der Waals surface area contributed by atoms with Crippen molar-refractivity contribution in [3.63, 3.8) is 0 Å². The first-order valence-corrected chi connectivity index (χ1v) is 6.83. The number of amides is 1. The number of carbonyl (C=O) groups excluding carboxylic acids is 1. The Bertz CT molecular complexity index is 384.